The van der Waals surface area contributed by atoms with Crippen LogP contribution in [0.1, 0.15) is 17.3 Å². The molecule has 0 spiro atoms. The fourth-order valence-electron chi connectivity index (χ4n) is 1.68. The van der Waals surface area contributed by atoms with Gasteiger partial charge in [0.1, 0.15) is 0 Å². The summed E-state index contributed by atoms with van der Waals surface area (Å²) in [4.78, 5) is 12.0. The van der Waals surface area contributed by atoms with E-state index in [0.29, 0.717) is 10.6 Å². The Hall–Kier alpha value is -2.06. The van der Waals surface area contributed by atoms with E-state index in [2.05, 4.69) is 5.32 Å². The third-order valence-corrected chi connectivity index (χ3v) is 2.84. The molecule has 0 atom stereocenters. The summed E-state index contributed by atoms with van der Waals surface area (Å²) in [6.07, 6.45) is 1.58. The summed E-state index contributed by atoms with van der Waals surface area (Å²) in [6, 6.07) is 16.6. The van der Waals surface area contributed by atoms with Crippen LogP contribution in [0.15, 0.2) is 66.4 Å². The van der Waals surface area contributed by atoms with Crippen molar-refractivity contribution in [3.05, 3.63) is 77.0 Å². The van der Waals surface area contributed by atoms with Gasteiger partial charge in [-0.05, 0) is 43.3 Å². The Morgan fingerprint density at radius 1 is 1.05 bits per heavy atom. The Morgan fingerprint density at radius 2 is 1.68 bits per heavy atom. The molecule has 0 amide bonds. The molecule has 0 bridgehead atoms. The summed E-state index contributed by atoms with van der Waals surface area (Å²) in [5.41, 5.74) is 2.38. The number of carbonyl (C=O) groups is 1. The van der Waals surface area contributed by atoms with Gasteiger partial charge in [0.05, 0.1) is 0 Å². The largest absolute Gasteiger partial charge is 0.359 e. The molecule has 2 nitrogen and oxygen atoms in total. The van der Waals surface area contributed by atoms with Crippen LogP contribution in [0.2, 0.25) is 5.02 Å². The molecule has 0 fully saturated rings. The lowest BCUT2D eigenvalue weighted by molar-refractivity contribution is 0.104. The first-order valence-electron chi connectivity index (χ1n) is 5.95. The van der Waals surface area contributed by atoms with E-state index in [0.717, 1.165) is 11.4 Å². The van der Waals surface area contributed by atoms with Gasteiger partial charge in [0, 0.05) is 28.0 Å². The summed E-state index contributed by atoms with van der Waals surface area (Å²) in [6.45, 7) is 1.86. The summed E-state index contributed by atoms with van der Waals surface area (Å²) in [5.74, 6) is -0.0439. The normalized spacial score (nSPS) is 11.2. The molecule has 0 unspecified atom stereocenters. The molecule has 0 heterocycles. The monoisotopic (exact) mass is 271 g/mol. The first kappa shape index (κ1) is 13.4. The minimum Gasteiger partial charge on any atom is -0.359 e. The molecule has 0 radical (unpaired) electrons. The van der Waals surface area contributed by atoms with Crippen LogP contribution < -0.4 is 5.32 Å². The minimum atomic E-state index is -0.0439. The zero-order valence-corrected chi connectivity index (χ0v) is 11.3. The highest BCUT2D eigenvalue weighted by Crippen LogP contribution is 2.12. The van der Waals surface area contributed by atoms with Crippen molar-refractivity contribution in [3.8, 4) is 0 Å². The van der Waals surface area contributed by atoms with E-state index in [1.807, 2.05) is 37.3 Å². The lowest BCUT2D eigenvalue weighted by Gasteiger charge is -2.06. The zero-order valence-electron chi connectivity index (χ0n) is 10.6. The second-order valence-corrected chi connectivity index (χ2v) is 4.63. The number of hydrogen-bond donors (Lipinski definition) is 1. The van der Waals surface area contributed by atoms with Gasteiger partial charge in [-0.15, -0.1) is 0 Å². The van der Waals surface area contributed by atoms with E-state index in [1.165, 1.54) is 0 Å². The van der Waals surface area contributed by atoms with E-state index >= 15 is 0 Å². The minimum absolute atomic E-state index is 0.0439. The number of halogens is 1. The first-order chi connectivity index (χ1) is 9.15. The molecule has 0 aliphatic carbocycles. The maximum atomic E-state index is 12.0. The SMILES string of the molecule is C/C(=C\C(=O)c1ccc(Cl)cc1)Nc1ccccc1. The van der Waals surface area contributed by atoms with Crippen molar-refractivity contribution in [1.29, 1.82) is 0 Å². The van der Waals surface area contributed by atoms with Gasteiger partial charge in [0.2, 0.25) is 0 Å². The summed E-state index contributed by atoms with van der Waals surface area (Å²) in [5, 5.41) is 3.79. The van der Waals surface area contributed by atoms with Crippen molar-refractivity contribution >= 4 is 23.1 Å². The average molecular weight is 272 g/mol. The first-order valence-corrected chi connectivity index (χ1v) is 6.33. The second kappa shape index (κ2) is 6.21. The predicted octanol–water partition coefficient (Wildman–Crippen LogP) is 4.54. The third-order valence-electron chi connectivity index (χ3n) is 2.59. The number of allylic oxidation sites excluding steroid dienone is 2. The molecule has 19 heavy (non-hydrogen) atoms. The number of anilines is 1. The molecule has 0 aliphatic rings. The van der Waals surface area contributed by atoms with E-state index in [1.54, 1.807) is 30.3 Å². The van der Waals surface area contributed by atoms with Crippen LogP contribution in [0.5, 0.6) is 0 Å². The standard InChI is InChI=1S/C16H14ClNO/c1-12(18-15-5-3-2-4-6-15)11-16(19)13-7-9-14(17)10-8-13/h2-11,18H,1H3/b12-11+. The van der Waals surface area contributed by atoms with E-state index < -0.39 is 0 Å². The lowest BCUT2D eigenvalue weighted by atomic mass is 10.1. The maximum absolute atomic E-state index is 12.0. The Labute approximate surface area is 117 Å². The van der Waals surface area contributed by atoms with Crippen LogP contribution in [0, 0.1) is 0 Å². The van der Waals surface area contributed by atoms with Crippen molar-refractivity contribution in [3.63, 3.8) is 0 Å². The molecule has 1 N–H and O–H groups in total. The number of ketones is 1. The lowest BCUT2D eigenvalue weighted by Crippen LogP contribution is -2.01. The fourth-order valence-corrected chi connectivity index (χ4v) is 1.81. The molecule has 0 saturated carbocycles. The zero-order chi connectivity index (χ0) is 13.7. The van der Waals surface area contributed by atoms with Crippen LogP contribution in [0.25, 0.3) is 0 Å². The van der Waals surface area contributed by atoms with Gasteiger partial charge >= 0.3 is 0 Å². The Bertz CT molecular complexity index is 588. The third kappa shape index (κ3) is 3.97. The van der Waals surface area contributed by atoms with Crippen LogP contribution in [0.3, 0.4) is 0 Å². The smallest absolute Gasteiger partial charge is 0.187 e. The molecule has 96 valence electrons. The highest BCUT2D eigenvalue weighted by Gasteiger charge is 2.03. The van der Waals surface area contributed by atoms with Gasteiger partial charge in [-0.2, -0.15) is 0 Å². The Morgan fingerprint density at radius 3 is 2.32 bits per heavy atom. The number of hydrogen-bond acceptors (Lipinski definition) is 2. The van der Waals surface area contributed by atoms with Crippen LogP contribution in [-0.2, 0) is 0 Å². The topological polar surface area (TPSA) is 29.1 Å². The molecule has 3 heteroatoms. The van der Waals surface area contributed by atoms with E-state index in [4.69, 9.17) is 11.6 Å². The van der Waals surface area contributed by atoms with Crippen molar-refractivity contribution in [2.45, 2.75) is 6.92 Å². The molecular formula is C16H14ClNO. The van der Waals surface area contributed by atoms with Gasteiger partial charge in [-0.1, -0.05) is 29.8 Å². The number of nitrogens with one attached hydrogen (secondary N) is 1. The van der Waals surface area contributed by atoms with Gasteiger partial charge in [0.15, 0.2) is 5.78 Å². The van der Waals surface area contributed by atoms with Crippen LogP contribution >= 0.6 is 11.6 Å². The highest BCUT2D eigenvalue weighted by atomic mass is 35.5. The average Bonchev–Trinajstić information content (AvgIpc) is 2.40. The molecule has 0 aromatic heterocycles. The van der Waals surface area contributed by atoms with Crippen molar-refractivity contribution < 1.29 is 4.79 Å². The van der Waals surface area contributed by atoms with E-state index in [9.17, 15) is 4.79 Å². The maximum Gasteiger partial charge on any atom is 0.187 e. The van der Waals surface area contributed by atoms with Gasteiger partial charge in [-0.25, -0.2) is 0 Å². The van der Waals surface area contributed by atoms with Crippen molar-refractivity contribution in [1.82, 2.24) is 0 Å². The number of para-hydroxylation sites is 1. The van der Waals surface area contributed by atoms with Crippen LogP contribution in [0.4, 0.5) is 5.69 Å². The van der Waals surface area contributed by atoms with Gasteiger partial charge in [0.25, 0.3) is 0 Å². The Balaban J connectivity index is 2.08. The quantitative estimate of drug-likeness (QED) is 0.653. The molecular weight excluding hydrogens is 258 g/mol. The van der Waals surface area contributed by atoms with Crippen molar-refractivity contribution in [2.24, 2.45) is 0 Å². The van der Waals surface area contributed by atoms with Gasteiger partial charge < -0.3 is 5.32 Å². The van der Waals surface area contributed by atoms with Crippen LogP contribution in [-0.4, -0.2) is 5.78 Å². The second-order valence-electron chi connectivity index (χ2n) is 4.19. The summed E-state index contributed by atoms with van der Waals surface area (Å²) in [7, 11) is 0. The predicted molar refractivity (Wildman–Crippen MR) is 79.6 cm³/mol. The molecule has 0 aliphatic heterocycles. The molecule has 2 rings (SSSR count). The molecule has 0 saturated heterocycles. The highest BCUT2D eigenvalue weighted by molar-refractivity contribution is 6.30. The number of carbonyl (C=O) groups excluding carboxylic acids is 1. The van der Waals surface area contributed by atoms with Gasteiger partial charge in [-0.3, -0.25) is 4.79 Å². The Kier molecular flexibility index (Phi) is 4.37. The van der Waals surface area contributed by atoms with E-state index in [-0.39, 0.29) is 5.78 Å². The molecule has 2 aromatic rings. The molecule has 2 aromatic carbocycles. The summed E-state index contributed by atoms with van der Waals surface area (Å²) < 4.78 is 0. The summed E-state index contributed by atoms with van der Waals surface area (Å²) >= 11 is 5.79. The number of rotatable bonds is 4. The van der Waals surface area contributed by atoms with Crippen molar-refractivity contribution in [2.75, 3.05) is 5.32 Å². The fraction of sp³-hybridized carbons (Fsp3) is 0.0625. The number of benzene rings is 2.